The maximum atomic E-state index is 11.5. The maximum absolute atomic E-state index is 11.5. The van der Waals surface area contributed by atoms with Gasteiger partial charge in [-0.05, 0) is 27.5 Å². The minimum Gasteiger partial charge on any atom is -0.405 e. The quantitative estimate of drug-likeness (QED) is 0.424. The molecule has 7 heteroatoms. The monoisotopic (exact) mass is 491 g/mol. The lowest BCUT2D eigenvalue weighted by atomic mass is 10.1. The summed E-state index contributed by atoms with van der Waals surface area (Å²) in [4.78, 5) is 11.5. The highest BCUT2D eigenvalue weighted by molar-refractivity contribution is 6.99. The van der Waals surface area contributed by atoms with Gasteiger partial charge in [0.2, 0.25) is 0 Å². The van der Waals surface area contributed by atoms with E-state index in [1.807, 2.05) is 22.8 Å². The summed E-state index contributed by atoms with van der Waals surface area (Å²) in [5.74, 6) is -0.970. The van der Waals surface area contributed by atoms with Gasteiger partial charge in [0.15, 0.2) is 12.1 Å². The minimum absolute atomic E-state index is 0.169. The van der Waals surface area contributed by atoms with Crippen LogP contribution in [0.5, 0.6) is 0 Å². The number of aliphatic hydroxyl groups excluding tert-OH is 1. The highest BCUT2D eigenvalue weighted by atomic mass is 28.4. The van der Waals surface area contributed by atoms with Crippen molar-refractivity contribution in [3.8, 4) is 0 Å². The zero-order valence-corrected chi connectivity index (χ0v) is 21.5. The molecule has 3 heterocycles. The van der Waals surface area contributed by atoms with Gasteiger partial charge in [-0.3, -0.25) is 4.79 Å². The Kier molecular flexibility index (Phi) is 6.31. The molecular formula is C28H33NO5Si. The van der Waals surface area contributed by atoms with Crippen molar-refractivity contribution in [1.82, 2.24) is 4.57 Å². The number of benzene rings is 2. The SMILES string of the molecule is CC(C)(C)[Si](OC[C@H]1OC2(C[C@@H]1O)Cn1c(C=O)ccc1CO2)(c1ccccc1)c1ccccc1. The molecule has 1 fully saturated rings. The fraction of sp³-hybridized carbons (Fsp3) is 0.393. The molecule has 1 aromatic heterocycles. The second-order valence-corrected chi connectivity index (χ2v) is 14.9. The van der Waals surface area contributed by atoms with Crippen molar-refractivity contribution in [2.75, 3.05) is 6.61 Å². The lowest BCUT2D eigenvalue weighted by Gasteiger charge is -2.43. The molecule has 2 aromatic carbocycles. The molecule has 35 heavy (non-hydrogen) atoms. The number of aliphatic hydroxyl groups is 1. The van der Waals surface area contributed by atoms with Gasteiger partial charge in [0.1, 0.15) is 6.10 Å². The molecule has 0 bridgehead atoms. The highest BCUT2D eigenvalue weighted by Crippen LogP contribution is 2.40. The van der Waals surface area contributed by atoms with Gasteiger partial charge < -0.3 is 23.6 Å². The number of ether oxygens (including phenoxy) is 2. The van der Waals surface area contributed by atoms with E-state index in [2.05, 4.69) is 69.3 Å². The van der Waals surface area contributed by atoms with E-state index in [4.69, 9.17) is 13.9 Å². The Bertz CT molecular complexity index is 1130. The van der Waals surface area contributed by atoms with E-state index in [0.717, 1.165) is 12.0 Å². The molecule has 1 unspecified atom stereocenters. The molecule has 5 rings (SSSR count). The van der Waals surface area contributed by atoms with Gasteiger partial charge >= 0.3 is 0 Å². The first-order valence-electron chi connectivity index (χ1n) is 12.2. The van der Waals surface area contributed by atoms with Gasteiger partial charge in [-0.2, -0.15) is 0 Å². The number of carbonyl (C=O) groups is 1. The van der Waals surface area contributed by atoms with Gasteiger partial charge in [0.05, 0.1) is 31.6 Å². The Morgan fingerprint density at radius 2 is 1.69 bits per heavy atom. The zero-order chi connectivity index (χ0) is 24.7. The molecule has 0 radical (unpaired) electrons. The number of carbonyl (C=O) groups excluding carboxylic acids is 1. The Hall–Kier alpha value is -2.55. The van der Waals surface area contributed by atoms with Crippen LogP contribution in [0.3, 0.4) is 0 Å². The third kappa shape index (κ3) is 4.21. The van der Waals surface area contributed by atoms with Crippen molar-refractivity contribution < 1.29 is 23.8 Å². The van der Waals surface area contributed by atoms with Crippen LogP contribution < -0.4 is 10.4 Å². The van der Waals surface area contributed by atoms with Gasteiger partial charge in [-0.25, -0.2) is 0 Å². The second kappa shape index (κ2) is 9.15. The van der Waals surface area contributed by atoms with Crippen LogP contribution in [0.1, 0.15) is 43.4 Å². The van der Waals surface area contributed by atoms with E-state index in [0.29, 0.717) is 25.3 Å². The van der Waals surface area contributed by atoms with E-state index >= 15 is 0 Å². The van der Waals surface area contributed by atoms with Gasteiger partial charge in [-0.1, -0.05) is 81.4 Å². The van der Waals surface area contributed by atoms with Crippen LogP contribution in [0.15, 0.2) is 72.8 Å². The maximum Gasteiger partial charge on any atom is 0.261 e. The number of rotatable bonds is 6. The Morgan fingerprint density at radius 1 is 1.06 bits per heavy atom. The summed E-state index contributed by atoms with van der Waals surface area (Å²) in [5, 5.41) is 13.2. The lowest BCUT2D eigenvalue weighted by Crippen LogP contribution is -2.67. The van der Waals surface area contributed by atoms with Gasteiger partial charge in [-0.15, -0.1) is 0 Å². The average molecular weight is 492 g/mol. The Morgan fingerprint density at radius 3 is 2.26 bits per heavy atom. The van der Waals surface area contributed by atoms with Crippen LogP contribution in [-0.4, -0.2) is 48.9 Å². The summed E-state index contributed by atoms with van der Waals surface area (Å²) in [6.07, 6.45) is -0.0895. The minimum atomic E-state index is -2.75. The summed E-state index contributed by atoms with van der Waals surface area (Å²) >= 11 is 0. The molecule has 2 aliphatic heterocycles. The highest BCUT2D eigenvalue weighted by Gasteiger charge is 2.53. The number of hydrogen-bond acceptors (Lipinski definition) is 5. The summed E-state index contributed by atoms with van der Waals surface area (Å²) in [6, 6.07) is 24.5. The summed E-state index contributed by atoms with van der Waals surface area (Å²) in [5.41, 5.74) is 1.52. The molecule has 3 aromatic rings. The largest absolute Gasteiger partial charge is 0.405 e. The first-order valence-corrected chi connectivity index (χ1v) is 14.1. The van der Waals surface area contributed by atoms with Crippen molar-refractivity contribution in [1.29, 1.82) is 0 Å². The number of nitrogens with zero attached hydrogens (tertiary/aromatic N) is 1. The average Bonchev–Trinajstić information content (AvgIpc) is 3.39. The number of aromatic nitrogens is 1. The molecule has 1 spiro atoms. The predicted molar refractivity (Wildman–Crippen MR) is 136 cm³/mol. The first kappa shape index (κ1) is 24.2. The van der Waals surface area contributed by atoms with Crippen LogP contribution in [0.2, 0.25) is 5.04 Å². The fourth-order valence-electron chi connectivity index (χ4n) is 5.60. The van der Waals surface area contributed by atoms with E-state index in [-0.39, 0.29) is 11.6 Å². The van der Waals surface area contributed by atoms with E-state index < -0.39 is 26.3 Å². The summed E-state index contributed by atoms with van der Waals surface area (Å²) < 4.78 is 21.4. The molecule has 1 N–H and O–H groups in total. The van der Waals surface area contributed by atoms with Crippen LogP contribution >= 0.6 is 0 Å². The van der Waals surface area contributed by atoms with E-state index in [1.54, 1.807) is 6.07 Å². The topological polar surface area (TPSA) is 69.9 Å². The predicted octanol–water partition coefficient (Wildman–Crippen LogP) is 3.25. The smallest absolute Gasteiger partial charge is 0.261 e. The third-order valence-electron chi connectivity index (χ3n) is 7.30. The molecule has 184 valence electrons. The van der Waals surface area contributed by atoms with Gasteiger partial charge in [0, 0.05) is 12.1 Å². The van der Waals surface area contributed by atoms with Crippen LogP contribution in [-0.2, 0) is 27.1 Å². The molecule has 2 aliphatic rings. The zero-order valence-electron chi connectivity index (χ0n) is 20.5. The van der Waals surface area contributed by atoms with E-state index in [9.17, 15) is 9.90 Å². The molecule has 6 nitrogen and oxygen atoms in total. The number of fused-ring (bicyclic) bond motifs is 1. The molecule has 0 saturated carbocycles. The van der Waals surface area contributed by atoms with Crippen molar-refractivity contribution in [2.24, 2.45) is 0 Å². The Balaban J connectivity index is 1.44. The van der Waals surface area contributed by atoms with Gasteiger partial charge in [0.25, 0.3) is 8.32 Å². The lowest BCUT2D eigenvalue weighted by molar-refractivity contribution is -0.254. The van der Waals surface area contributed by atoms with Crippen molar-refractivity contribution >= 4 is 25.0 Å². The normalized spacial score (nSPS) is 24.5. The third-order valence-corrected chi connectivity index (χ3v) is 12.3. The second-order valence-electron chi connectivity index (χ2n) is 10.6. The van der Waals surface area contributed by atoms with Crippen LogP contribution in [0, 0.1) is 0 Å². The molecular weight excluding hydrogens is 458 g/mol. The Labute approximate surface area is 207 Å². The first-order chi connectivity index (χ1) is 16.8. The molecule has 1 saturated heterocycles. The van der Waals surface area contributed by atoms with Crippen molar-refractivity contribution in [3.63, 3.8) is 0 Å². The molecule has 0 amide bonds. The van der Waals surface area contributed by atoms with E-state index in [1.165, 1.54) is 10.4 Å². The summed E-state index contributed by atoms with van der Waals surface area (Å²) in [6.45, 7) is 7.64. The van der Waals surface area contributed by atoms with Crippen molar-refractivity contribution in [2.45, 2.75) is 63.4 Å². The number of aldehydes is 1. The standard InChI is InChI=1S/C28H33NO5Si/c1-27(2,3)35(23-10-6-4-7-11-23,24-12-8-5-9-13-24)33-19-26-25(31)16-28(34-26)20-29-21(17-30)14-15-22(29)18-32-28/h4-15,17,25-26,31H,16,18-20H2,1-3H3/t25-,26+,28?/m0/s1. The fourth-order valence-corrected chi connectivity index (χ4v) is 10.2. The molecule has 3 atom stereocenters. The van der Waals surface area contributed by atoms with Crippen LogP contribution in [0.25, 0.3) is 0 Å². The molecule has 0 aliphatic carbocycles. The van der Waals surface area contributed by atoms with Crippen LogP contribution in [0.4, 0.5) is 0 Å². The number of hydrogen-bond donors (Lipinski definition) is 1. The summed E-state index contributed by atoms with van der Waals surface area (Å²) in [7, 11) is -2.75. The van der Waals surface area contributed by atoms with Crippen molar-refractivity contribution in [3.05, 3.63) is 84.2 Å².